The Kier molecular flexibility index (Phi) is 8.88. The molecule has 12 heteroatoms. The summed E-state index contributed by atoms with van der Waals surface area (Å²) in [4.78, 5) is 60.6. The summed E-state index contributed by atoms with van der Waals surface area (Å²) in [5.74, 6) is -1.45. The van der Waals surface area contributed by atoms with E-state index < -0.39 is 54.4 Å². The number of hydrogen-bond donors (Lipinski definition) is 2. The van der Waals surface area contributed by atoms with E-state index in [-0.39, 0.29) is 24.3 Å². The van der Waals surface area contributed by atoms with Crippen LogP contribution in [0.3, 0.4) is 0 Å². The first kappa shape index (κ1) is 25.7. The van der Waals surface area contributed by atoms with Crippen molar-refractivity contribution in [1.82, 2.24) is 13.7 Å². The molecule has 33 heavy (non-hydrogen) atoms. The van der Waals surface area contributed by atoms with Crippen LogP contribution in [-0.4, -0.2) is 61.3 Å². The molecule has 0 saturated carbocycles. The molecule has 0 aliphatic carbocycles. The molecule has 2 atom stereocenters. The Hall–Kier alpha value is -3.51. The third kappa shape index (κ3) is 6.26. The largest absolute Gasteiger partial charge is 0.459 e. The Morgan fingerprint density at radius 3 is 1.73 bits per heavy atom. The van der Waals surface area contributed by atoms with E-state index in [4.69, 9.17) is 9.47 Å². The van der Waals surface area contributed by atoms with E-state index in [0.717, 1.165) is 9.13 Å². The number of hydrogen-bond acceptors (Lipinski definition) is 9. The van der Waals surface area contributed by atoms with Crippen LogP contribution in [-0.2, 0) is 29.6 Å². The van der Waals surface area contributed by atoms with Crippen molar-refractivity contribution in [3.63, 3.8) is 0 Å². The molecule has 2 N–H and O–H groups in total. The van der Waals surface area contributed by atoms with Gasteiger partial charge in [0.2, 0.25) is 0 Å². The molecule has 180 valence electrons. The molecule has 1 aromatic carbocycles. The summed E-state index contributed by atoms with van der Waals surface area (Å²) in [5, 5.41) is 19.6. The van der Waals surface area contributed by atoms with Crippen LogP contribution >= 0.6 is 0 Å². The number of rotatable bonds is 10. The molecule has 0 amide bonds. The van der Waals surface area contributed by atoms with Crippen LogP contribution in [0, 0.1) is 0 Å². The number of aliphatic hydroxyl groups is 2. The van der Waals surface area contributed by atoms with Crippen molar-refractivity contribution in [1.29, 1.82) is 0 Å². The van der Waals surface area contributed by atoms with Gasteiger partial charge in [-0.1, -0.05) is 6.92 Å². The summed E-state index contributed by atoms with van der Waals surface area (Å²) in [6.07, 6.45) is -1.70. The smallest absolute Gasteiger partial charge is 0.338 e. The maximum atomic E-state index is 12.3. The normalized spacial score (nSPS) is 12.8. The first-order chi connectivity index (χ1) is 15.6. The van der Waals surface area contributed by atoms with Gasteiger partial charge in [0.15, 0.2) is 0 Å². The molecule has 0 saturated heterocycles. The first-order valence-electron chi connectivity index (χ1n) is 10.3. The average molecular weight is 465 g/mol. The third-order valence-electron chi connectivity index (χ3n) is 4.85. The highest BCUT2D eigenvalue weighted by molar-refractivity contribution is 5.93. The number of ether oxygens (including phenoxy) is 2. The fraction of sp³-hybridized carbons (Fsp3) is 0.476. The maximum absolute atomic E-state index is 12.3. The number of aliphatic hydroxyl groups excluding tert-OH is 2. The summed E-state index contributed by atoms with van der Waals surface area (Å²) in [7, 11) is 1.21. The molecular weight excluding hydrogens is 438 g/mol. The van der Waals surface area contributed by atoms with Gasteiger partial charge in [0, 0.05) is 13.6 Å². The number of carbonyl (C=O) groups is 2. The molecule has 2 unspecified atom stereocenters. The molecule has 0 spiro atoms. The molecule has 0 fully saturated rings. The lowest BCUT2D eigenvalue weighted by molar-refractivity contribution is 0.0207. The summed E-state index contributed by atoms with van der Waals surface area (Å²) in [6.45, 7) is 2.22. The maximum Gasteiger partial charge on any atom is 0.338 e. The Bertz CT molecular complexity index is 1160. The highest BCUT2D eigenvalue weighted by Crippen LogP contribution is 2.08. The quantitative estimate of drug-likeness (QED) is 0.414. The van der Waals surface area contributed by atoms with Gasteiger partial charge in [-0.25, -0.2) is 37.7 Å². The topological polar surface area (TPSA) is 159 Å². The van der Waals surface area contributed by atoms with Gasteiger partial charge in [-0.15, -0.1) is 0 Å². The number of carbonyl (C=O) groups excluding carboxylic acids is 2. The zero-order valence-corrected chi connectivity index (χ0v) is 18.6. The molecule has 0 aliphatic rings. The number of esters is 2. The van der Waals surface area contributed by atoms with Crippen LogP contribution in [0.25, 0.3) is 0 Å². The summed E-state index contributed by atoms with van der Waals surface area (Å²) >= 11 is 0. The van der Waals surface area contributed by atoms with E-state index in [9.17, 15) is 34.2 Å². The Labute approximate surface area is 188 Å². The molecule has 2 rings (SSSR count). The monoisotopic (exact) mass is 465 g/mol. The SMILES string of the molecule is CCC(O)COC(=O)c1ccc(C(=O)OCC(O)Cn2c(=O)n(C)c(=O)n(CC)c2=O)cc1. The second-order valence-corrected chi connectivity index (χ2v) is 7.25. The van der Waals surface area contributed by atoms with Crippen molar-refractivity contribution in [2.45, 2.75) is 45.6 Å². The average Bonchev–Trinajstić information content (AvgIpc) is 2.82. The van der Waals surface area contributed by atoms with Gasteiger partial charge in [0.1, 0.15) is 19.3 Å². The minimum atomic E-state index is -1.39. The van der Waals surface area contributed by atoms with Crippen molar-refractivity contribution in [2.75, 3.05) is 13.2 Å². The lowest BCUT2D eigenvalue weighted by Gasteiger charge is -2.14. The number of benzene rings is 1. The predicted molar refractivity (Wildman–Crippen MR) is 115 cm³/mol. The molecule has 0 bridgehead atoms. The van der Waals surface area contributed by atoms with Crippen molar-refractivity contribution in [2.24, 2.45) is 7.05 Å². The Morgan fingerprint density at radius 1 is 0.818 bits per heavy atom. The van der Waals surface area contributed by atoms with Crippen LogP contribution in [0.15, 0.2) is 38.6 Å². The van der Waals surface area contributed by atoms with Gasteiger partial charge in [0.25, 0.3) is 0 Å². The molecule has 1 aromatic heterocycles. The molecule has 2 aromatic rings. The fourth-order valence-electron chi connectivity index (χ4n) is 2.81. The summed E-state index contributed by atoms with van der Waals surface area (Å²) < 4.78 is 12.3. The second kappa shape index (κ2) is 11.4. The third-order valence-corrected chi connectivity index (χ3v) is 4.85. The second-order valence-electron chi connectivity index (χ2n) is 7.25. The number of nitrogens with zero attached hydrogens (tertiary/aromatic N) is 3. The van der Waals surface area contributed by atoms with Crippen LogP contribution < -0.4 is 17.1 Å². The lowest BCUT2D eigenvalue weighted by Crippen LogP contribution is -2.54. The van der Waals surface area contributed by atoms with E-state index in [2.05, 4.69) is 0 Å². The predicted octanol–water partition coefficient (Wildman–Crippen LogP) is -1.13. The van der Waals surface area contributed by atoms with Crippen molar-refractivity contribution >= 4 is 11.9 Å². The van der Waals surface area contributed by atoms with Gasteiger partial charge in [0.05, 0.1) is 23.8 Å². The van der Waals surface area contributed by atoms with Gasteiger partial charge in [-0.2, -0.15) is 0 Å². The van der Waals surface area contributed by atoms with E-state index in [0.29, 0.717) is 11.0 Å². The van der Waals surface area contributed by atoms with Crippen LogP contribution in [0.2, 0.25) is 0 Å². The minimum absolute atomic E-state index is 0.0413. The van der Waals surface area contributed by atoms with Crippen molar-refractivity contribution in [3.05, 3.63) is 66.8 Å². The highest BCUT2D eigenvalue weighted by atomic mass is 16.5. The van der Waals surface area contributed by atoms with E-state index in [1.54, 1.807) is 13.8 Å². The molecule has 0 radical (unpaired) electrons. The fourth-order valence-corrected chi connectivity index (χ4v) is 2.81. The van der Waals surface area contributed by atoms with Gasteiger partial charge >= 0.3 is 29.0 Å². The Balaban J connectivity index is 1.99. The Morgan fingerprint density at radius 2 is 1.27 bits per heavy atom. The molecule has 12 nitrogen and oxygen atoms in total. The highest BCUT2D eigenvalue weighted by Gasteiger charge is 2.18. The van der Waals surface area contributed by atoms with Crippen molar-refractivity contribution in [3.8, 4) is 0 Å². The zero-order chi connectivity index (χ0) is 24.7. The first-order valence-corrected chi connectivity index (χ1v) is 10.3. The van der Waals surface area contributed by atoms with Gasteiger partial charge < -0.3 is 19.7 Å². The number of aromatic nitrogens is 3. The van der Waals surface area contributed by atoms with Gasteiger partial charge in [-0.05, 0) is 37.6 Å². The summed E-state index contributed by atoms with van der Waals surface area (Å²) in [6, 6.07) is 5.37. The van der Waals surface area contributed by atoms with E-state index in [1.165, 1.54) is 31.3 Å². The molecule has 0 aliphatic heterocycles. The summed E-state index contributed by atoms with van der Waals surface area (Å²) in [5.41, 5.74) is -2.26. The standard InChI is InChI=1S/C21H27N3O9/c1-4-15(25)11-32-17(27)13-6-8-14(9-7-13)18(28)33-12-16(26)10-24-20(30)22(3)19(29)23(5-2)21(24)31/h6-9,15-16,25-26H,4-5,10-12H2,1-3H3. The molecule has 1 heterocycles. The zero-order valence-electron chi connectivity index (χ0n) is 18.6. The van der Waals surface area contributed by atoms with Crippen molar-refractivity contribution < 1.29 is 29.3 Å². The van der Waals surface area contributed by atoms with Crippen LogP contribution in [0.1, 0.15) is 41.0 Å². The lowest BCUT2D eigenvalue weighted by atomic mass is 10.1. The van der Waals surface area contributed by atoms with Gasteiger partial charge in [-0.3, -0.25) is 0 Å². The van der Waals surface area contributed by atoms with Crippen LogP contribution in [0.4, 0.5) is 0 Å². The van der Waals surface area contributed by atoms with Crippen LogP contribution in [0.5, 0.6) is 0 Å². The minimum Gasteiger partial charge on any atom is -0.459 e. The van der Waals surface area contributed by atoms with E-state index >= 15 is 0 Å². The molecular formula is C21H27N3O9. The van der Waals surface area contributed by atoms with E-state index in [1.807, 2.05) is 0 Å².